The van der Waals surface area contributed by atoms with E-state index >= 15 is 0 Å². The number of ether oxygens (including phenoxy) is 1. The van der Waals surface area contributed by atoms with Gasteiger partial charge < -0.3 is 10.1 Å². The minimum absolute atomic E-state index is 0.0116. The Morgan fingerprint density at radius 2 is 1.87 bits per heavy atom. The normalized spacial score (nSPS) is 10.8. The van der Waals surface area contributed by atoms with Crippen molar-refractivity contribution in [3.05, 3.63) is 106 Å². The van der Waals surface area contributed by atoms with Crippen molar-refractivity contribution in [3.8, 4) is 5.75 Å². The van der Waals surface area contributed by atoms with Gasteiger partial charge in [-0.25, -0.2) is 9.37 Å². The first kappa shape index (κ1) is 20.3. The van der Waals surface area contributed by atoms with E-state index in [0.717, 1.165) is 11.1 Å². The van der Waals surface area contributed by atoms with E-state index in [-0.39, 0.29) is 24.5 Å². The minimum Gasteiger partial charge on any atom is -0.496 e. The van der Waals surface area contributed by atoms with E-state index in [4.69, 9.17) is 4.74 Å². The quantitative estimate of drug-likeness (QED) is 0.521. The van der Waals surface area contributed by atoms with Crippen molar-refractivity contribution >= 4 is 16.9 Å². The first-order valence-corrected chi connectivity index (χ1v) is 9.70. The Morgan fingerprint density at radius 1 is 1.10 bits per heavy atom. The summed E-state index contributed by atoms with van der Waals surface area (Å²) in [6.45, 7) is 0.381. The van der Waals surface area contributed by atoms with Gasteiger partial charge in [-0.05, 0) is 42.0 Å². The third-order valence-corrected chi connectivity index (χ3v) is 4.98. The van der Waals surface area contributed by atoms with Crippen LogP contribution >= 0.6 is 0 Å². The Morgan fingerprint density at radius 3 is 2.65 bits per heavy atom. The average molecular weight is 417 g/mol. The first-order valence-electron chi connectivity index (χ1n) is 9.70. The Bertz CT molecular complexity index is 1300. The topological polar surface area (TPSA) is 73.2 Å². The molecule has 0 aliphatic carbocycles. The maximum absolute atomic E-state index is 13.3. The molecule has 0 saturated carbocycles. The summed E-state index contributed by atoms with van der Waals surface area (Å²) in [7, 11) is 1.56. The standard InChI is InChI=1S/C24H20FN3O3/c1-31-21-7-3-2-5-18(21)14-27-23(29)20-13-17-6-4-12-26-22(17)28(24(20)30)15-16-8-10-19(25)11-9-16/h2-13H,14-15H2,1H3,(H,27,29). The van der Waals surface area contributed by atoms with Crippen molar-refractivity contribution in [2.75, 3.05) is 7.11 Å². The number of amides is 1. The van der Waals surface area contributed by atoms with E-state index in [1.165, 1.54) is 16.7 Å². The van der Waals surface area contributed by atoms with Crippen LogP contribution in [-0.2, 0) is 13.1 Å². The van der Waals surface area contributed by atoms with Gasteiger partial charge in [0.25, 0.3) is 11.5 Å². The SMILES string of the molecule is COc1ccccc1CNC(=O)c1cc2cccnc2n(Cc2ccc(F)cc2)c1=O. The van der Waals surface area contributed by atoms with Crippen LogP contribution in [0.5, 0.6) is 5.75 Å². The van der Waals surface area contributed by atoms with Crippen molar-refractivity contribution in [2.24, 2.45) is 0 Å². The summed E-state index contributed by atoms with van der Waals surface area (Å²) in [4.78, 5) is 30.4. The molecule has 0 bridgehead atoms. The highest BCUT2D eigenvalue weighted by Crippen LogP contribution is 2.17. The summed E-state index contributed by atoms with van der Waals surface area (Å²) in [5, 5.41) is 3.45. The Kier molecular flexibility index (Phi) is 5.75. The molecule has 0 unspecified atom stereocenters. The predicted octanol–water partition coefficient (Wildman–Crippen LogP) is 3.52. The molecule has 1 amide bonds. The van der Waals surface area contributed by atoms with Crippen molar-refractivity contribution < 1.29 is 13.9 Å². The van der Waals surface area contributed by atoms with Crippen LogP contribution in [0.2, 0.25) is 0 Å². The smallest absolute Gasteiger partial charge is 0.265 e. The number of hydrogen-bond donors (Lipinski definition) is 1. The molecule has 4 aromatic rings. The summed E-state index contributed by atoms with van der Waals surface area (Å²) in [5.74, 6) is -0.197. The maximum Gasteiger partial charge on any atom is 0.265 e. The van der Waals surface area contributed by atoms with Crippen LogP contribution in [0.1, 0.15) is 21.5 Å². The largest absolute Gasteiger partial charge is 0.496 e. The molecule has 2 heterocycles. The molecule has 31 heavy (non-hydrogen) atoms. The van der Waals surface area contributed by atoms with Crippen LogP contribution < -0.4 is 15.6 Å². The number of methoxy groups -OCH3 is 1. The molecule has 2 aromatic carbocycles. The van der Waals surface area contributed by atoms with Crippen LogP contribution in [0.3, 0.4) is 0 Å². The summed E-state index contributed by atoms with van der Waals surface area (Å²) < 4.78 is 20.0. The fourth-order valence-electron chi connectivity index (χ4n) is 3.41. The van der Waals surface area contributed by atoms with Gasteiger partial charge >= 0.3 is 0 Å². The Hall–Kier alpha value is -4.00. The number of nitrogens with zero attached hydrogens (tertiary/aromatic N) is 2. The predicted molar refractivity (Wildman–Crippen MR) is 116 cm³/mol. The molecule has 0 saturated heterocycles. The minimum atomic E-state index is -0.491. The van der Waals surface area contributed by atoms with E-state index in [1.807, 2.05) is 18.2 Å². The number of aromatic nitrogens is 2. The Balaban J connectivity index is 1.69. The number of nitrogens with one attached hydrogen (secondary N) is 1. The fraction of sp³-hybridized carbons (Fsp3) is 0.125. The van der Waals surface area contributed by atoms with Crippen molar-refractivity contribution in [1.29, 1.82) is 0 Å². The highest BCUT2D eigenvalue weighted by molar-refractivity contribution is 5.96. The van der Waals surface area contributed by atoms with E-state index in [1.54, 1.807) is 49.7 Å². The number of para-hydroxylation sites is 1. The van der Waals surface area contributed by atoms with Crippen molar-refractivity contribution in [2.45, 2.75) is 13.1 Å². The first-order chi connectivity index (χ1) is 15.1. The van der Waals surface area contributed by atoms with E-state index in [9.17, 15) is 14.0 Å². The molecule has 7 heteroatoms. The fourth-order valence-corrected chi connectivity index (χ4v) is 3.41. The lowest BCUT2D eigenvalue weighted by Gasteiger charge is -2.13. The van der Waals surface area contributed by atoms with Gasteiger partial charge in [0.15, 0.2) is 0 Å². The lowest BCUT2D eigenvalue weighted by molar-refractivity contribution is 0.0949. The second-order valence-corrected chi connectivity index (χ2v) is 6.99. The molecule has 6 nitrogen and oxygen atoms in total. The number of benzene rings is 2. The number of rotatable bonds is 6. The second kappa shape index (κ2) is 8.79. The van der Waals surface area contributed by atoms with Gasteiger partial charge in [-0.2, -0.15) is 0 Å². The summed E-state index contributed by atoms with van der Waals surface area (Å²) in [6.07, 6.45) is 1.59. The number of halogens is 1. The molecular formula is C24H20FN3O3. The van der Waals surface area contributed by atoms with E-state index < -0.39 is 11.5 Å². The third kappa shape index (κ3) is 4.30. The molecule has 0 fully saturated rings. The van der Waals surface area contributed by atoms with Gasteiger partial charge in [-0.1, -0.05) is 30.3 Å². The number of pyridine rings is 2. The van der Waals surface area contributed by atoms with Gasteiger partial charge in [0.2, 0.25) is 0 Å². The van der Waals surface area contributed by atoms with Crippen LogP contribution in [0.15, 0.2) is 77.7 Å². The number of hydrogen-bond acceptors (Lipinski definition) is 4. The second-order valence-electron chi connectivity index (χ2n) is 6.99. The highest BCUT2D eigenvalue weighted by atomic mass is 19.1. The molecule has 4 rings (SSSR count). The van der Waals surface area contributed by atoms with Crippen molar-refractivity contribution in [3.63, 3.8) is 0 Å². The molecule has 0 atom stereocenters. The van der Waals surface area contributed by atoms with Gasteiger partial charge in [0, 0.05) is 23.7 Å². The summed E-state index contributed by atoms with van der Waals surface area (Å²) >= 11 is 0. The number of carbonyl (C=O) groups excluding carboxylic acids is 1. The van der Waals surface area contributed by atoms with Crippen molar-refractivity contribution in [1.82, 2.24) is 14.9 Å². The van der Waals surface area contributed by atoms with Crippen LogP contribution in [0, 0.1) is 5.82 Å². The van der Waals surface area contributed by atoms with Gasteiger partial charge in [0.05, 0.1) is 13.7 Å². The number of fused-ring (bicyclic) bond motifs is 1. The lowest BCUT2D eigenvalue weighted by atomic mass is 10.1. The van der Waals surface area contributed by atoms with Crippen LogP contribution in [0.4, 0.5) is 4.39 Å². The van der Waals surface area contributed by atoms with E-state index in [0.29, 0.717) is 16.8 Å². The third-order valence-electron chi connectivity index (χ3n) is 4.98. The zero-order chi connectivity index (χ0) is 21.8. The van der Waals surface area contributed by atoms with Crippen LogP contribution in [-0.4, -0.2) is 22.6 Å². The monoisotopic (exact) mass is 417 g/mol. The molecule has 156 valence electrons. The molecule has 0 spiro atoms. The zero-order valence-corrected chi connectivity index (χ0v) is 16.8. The summed E-state index contributed by atoms with van der Waals surface area (Å²) in [5.41, 5.74) is 1.53. The summed E-state index contributed by atoms with van der Waals surface area (Å²) in [6, 6.07) is 18.3. The molecule has 0 aliphatic heterocycles. The molecule has 1 N–H and O–H groups in total. The highest BCUT2D eigenvalue weighted by Gasteiger charge is 2.17. The molecule has 0 aliphatic rings. The van der Waals surface area contributed by atoms with E-state index in [2.05, 4.69) is 10.3 Å². The number of carbonyl (C=O) groups is 1. The van der Waals surface area contributed by atoms with Gasteiger partial charge in [-0.15, -0.1) is 0 Å². The van der Waals surface area contributed by atoms with Crippen LogP contribution in [0.25, 0.3) is 11.0 Å². The molecule has 2 aromatic heterocycles. The average Bonchev–Trinajstić information content (AvgIpc) is 2.80. The Labute approximate surface area is 177 Å². The maximum atomic E-state index is 13.3. The van der Waals surface area contributed by atoms with Gasteiger partial charge in [0.1, 0.15) is 22.8 Å². The molecule has 0 radical (unpaired) electrons. The molecular weight excluding hydrogens is 397 g/mol. The zero-order valence-electron chi connectivity index (χ0n) is 16.8. The van der Waals surface area contributed by atoms with Gasteiger partial charge in [-0.3, -0.25) is 14.2 Å². The lowest BCUT2D eigenvalue weighted by Crippen LogP contribution is -2.33.